The van der Waals surface area contributed by atoms with E-state index in [9.17, 15) is 22.8 Å². The molecular weight excluding hydrogens is 413 g/mol. The molecule has 2 nitrogen and oxygen atoms in total. The molecular formula is C11H3Br2F3O2S. The van der Waals surface area contributed by atoms with Gasteiger partial charge >= 0.3 is 5.51 Å². The molecule has 0 saturated carbocycles. The first-order valence-electron chi connectivity index (χ1n) is 4.75. The van der Waals surface area contributed by atoms with Gasteiger partial charge in [0, 0.05) is 15.6 Å². The molecule has 0 aliphatic heterocycles. The van der Waals surface area contributed by atoms with E-state index in [2.05, 4.69) is 31.9 Å². The predicted molar refractivity (Wildman–Crippen MR) is 72.4 cm³/mol. The summed E-state index contributed by atoms with van der Waals surface area (Å²) in [5.41, 5.74) is -4.57. The Kier molecular flexibility index (Phi) is 3.95. The molecule has 8 heteroatoms. The number of fused-ring (bicyclic) bond motifs is 1. The topological polar surface area (TPSA) is 34.1 Å². The van der Waals surface area contributed by atoms with Crippen LogP contribution in [0.3, 0.4) is 0 Å². The van der Waals surface area contributed by atoms with Gasteiger partial charge in [-0.1, -0.05) is 15.9 Å². The fourth-order valence-electron chi connectivity index (χ4n) is 1.55. The molecule has 0 saturated heterocycles. The lowest BCUT2D eigenvalue weighted by Gasteiger charge is -2.18. The van der Waals surface area contributed by atoms with Crippen molar-refractivity contribution < 1.29 is 22.8 Å². The molecule has 1 aliphatic carbocycles. The molecule has 0 aromatic heterocycles. The van der Waals surface area contributed by atoms with E-state index in [1.165, 1.54) is 18.2 Å². The number of hydrogen-bond acceptors (Lipinski definition) is 3. The van der Waals surface area contributed by atoms with Crippen molar-refractivity contribution in [1.29, 1.82) is 0 Å². The Morgan fingerprint density at radius 3 is 2.21 bits per heavy atom. The maximum Gasteiger partial charge on any atom is 0.446 e. The van der Waals surface area contributed by atoms with Gasteiger partial charge in [0.25, 0.3) is 0 Å². The van der Waals surface area contributed by atoms with Crippen LogP contribution in [-0.2, 0) is 0 Å². The lowest BCUT2D eigenvalue weighted by atomic mass is 9.95. The normalized spacial score (nSPS) is 15.8. The smallest absolute Gasteiger partial charge is 0.288 e. The fourth-order valence-corrected chi connectivity index (χ4v) is 3.17. The largest absolute Gasteiger partial charge is 0.446 e. The summed E-state index contributed by atoms with van der Waals surface area (Å²) in [6.45, 7) is 0. The van der Waals surface area contributed by atoms with Crippen LogP contribution in [0.1, 0.15) is 20.7 Å². The zero-order valence-electron chi connectivity index (χ0n) is 8.85. The number of carbonyl (C=O) groups excluding carboxylic acids is 2. The molecule has 0 spiro atoms. The molecule has 1 aromatic rings. The third-order valence-corrected chi connectivity index (χ3v) is 4.63. The van der Waals surface area contributed by atoms with E-state index in [1.807, 2.05) is 0 Å². The van der Waals surface area contributed by atoms with Gasteiger partial charge in [0.1, 0.15) is 0 Å². The molecule has 0 N–H and O–H groups in total. The number of alkyl halides is 3. The molecule has 100 valence electrons. The van der Waals surface area contributed by atoms with Crippen LogP contribution < -0.4 is 0 Å². The summed E-state index contributed by atoms with van der Waals surface area (Å²) in [5.74, 6) is -1.45. The molecule has 0 unspecified atom stereocenters. The highest BCUT2D eigenvalue weighted by molar-refractivity contribution is 9.12. The highest BCUT2D eigenvalue weighted by atomic mass is 79.9. The summed E-state index contributed by atoms with van der Waals surface area (Å²) in [6.07, 6.45) is 0. The molecule has 2 rings (SSSR count). The number of allylic oxidation sites excluding steroid dienone is 2. The molecule has 1 aromatic carbocycles. The minimum Gasteiger partial charge on any atom is -0.288 e. The van der Waals surface area contributed by atoms with Crippen LogP contribution in [-0.4, -0.2) is 17.1 Å². The lowest BCUT2D eigenvalue weighted by molar-refractivity contribution is -0.0322. The van der Waals surface area contributed by atoms with Crippen LogP contribution in [0.2, 0.25) is 0 Å². The molecule has 19 heavy (non-hydrogen) atoms. The Bertz CT molecular complexity index is 623. The zero-order valence-corrected chi connectivity index (χ0v) is 12.8. The van der Waals surface area contributed by atoms with Crippen molar-refractivity contribution in [2.45, 2.75) is 5.51 Å². The molecule has 1 aliphatic rings. The summed E-state index contributed by atoms with van der Waals surface area (Å²) in [6, 6.07) is 4.24. The van der Waals surface area contributed by atoms with E-state index < -0.39 is 33.7 Å². The van der Waals surface area contributed by atoms with Gasteiger partial charge in [0.05, 0.1) is 9.39 Å². The van der Waals surface area contributed by atoms with Crippen LogP contribution in [0.5, 0.6) is 0 Å². The van der Waals surface area contributed by atoms with Crippen molar-refractivity contribution in [3.63, 3.8) is 0 Å². The van der Waals surface area contributed by atoms with Crippen molar-refractivity contribution in [3.05, 3.63) is 43.2 Å². The number of rotatable bonds is 1. The van der Waals surface area contributed by atoms with Crippen molar-refractivity contribution in [3.8, 4) is 0 Å². The minimum atomic E-state index is -4.63. The third kappa shape index (κ3) is 2.95. The second kappa shape index (κ2) is 5.06. The van der Waals surface area contributed by atoms with E-state index in [0.29, 0.717) is 4.47 Å². The monoisotopic (exact) mass is 414 g/mol. The van der Waals surface area contributed by atoms with Gasteiger partial charge in [0.2, 0.25) is 11.6 Å². The Labute approximate surface area is 126 Å². The average molecular weight is 416 g/mol. The van der Waals surface area contributed by atoms with Crippen molar-refractivity contribution in [1.82, 2.24) is 0 Å². The molecule has 0 heterocycles. The number of halogens is 5. The number of carbonyl (C=O) groups is 2. The highest BCUT2D eigenvalue weighted by Gasteiger charge is 2.39. The lowest BCUT2D eigenvalue weighted by Crippen LogP contribution is -2.20. The van der Waals surface area contributed by atoms with Crippen LogP contribution in [0.25, 0.3) is 0 Å². The number of hydrogen-bond donors (Lipinski definition) is 0. The Morgan fingerprint density at radius 2 is 1.63 bits per heavy atom. The van der Waals surface area contributed by atoms with E-state index >= 15 is 0 Å². The van der Waals surface area contributed by atoms with Gasteiger partial charge in [-0.15, -0.1) is 0 Å². The molecule has 0 bridgehead atoms. The number of benzene rings is 1. The standard InChI is InChI=1S/C11H3Br2F3O2S/c12-4-1-2-5-6(3-4)8(17)7(13)10(9(5)18)19-11(14,15)16/h1-3H. The number of Topliss-reactive ketones (excluding diaryl/α,β-unsaturated/α-hetero) is 2. The number of ketones is 2. The summed E-state index contributed by atoms with van der Waals surface area (Å²) in [5, 5.41) is 0. The van der Waals surface area contributed by atoms with Gasteiger partial charge in [-0.05, 0) is 45.9 Å². The van der Waals surface area contributed by atoms with Gasteiger partial charge in [0.15, 0.2) is 0 Å². The van der Waals surface area contributed by atoms with Gasteiger partial charge in [-0.2, -0.15) is 13.2 Å². The SMILES string of the molecule is O=C1C(Br)=C(SC(F)(F)F)C(=O)c2ccc(Br)cc21. The van der Waals surface area contributed by atoms with Crippen LogP contribution in [0.4, 0.5) is 13.2 Å². The molecule has 0 fully saturated rings. The Balaban J connectivity index is 2.56. The van der Waals surface area contributed by atoms with Gasteiger partial charge in [-0.3, -0.25) is 9.59 Å². The fraction of sp³-hybridized carbons (Fsp3) is 0.0909. The molecule has 0 atom stereocenters. The van der Waals surface area contributed by atoms with Crippen LogP contribution in [0, 0.1) is 0 Å². The Hall–Kier alpha value is -0.600. The number of thioether (sulfide) groups is 1. The zero-order chi connectivity index (χ0) is 14.4. The van der Waals surface area contributed by atoms with Gasteiger partial charge in [-0.25, -0.2) is 0 Å². The molecule has 0 amide bonds. The maximum atomic E-state index is 12.4. The van der Waals surface area contributed by atoms with E-state index in [1.54, 1.807) is 0 Å². The first kappa shape index (κ1) is 14.8. The van der Waals surface area contributed by atoms with Crippen molar-refractivity contribution in [2.75, 3.05) is 0 Å². The van der Waals surface area contributed by atoms with Crippen LogP contribution in [0.15, 0.2) is 32.1 Å². The summed E-state index contributed by atoms with van der Waals surface area (Å²) in [4.78, 5) is 23.3. The van der Waals surface area contributed by atoms with E-state index in [-0.39, 0.29) is 15.6 Å². The quantitative estimate of drug-likeness (QED) is 0.667. The van der Waals surface area contributed by atoms with E-state index in [4.69, 9.17) is 0 Å². The second-order valence-electron chi connectivity index (χ2n) is 3.54. The van der Waals surface area contributed by atoms with Gasteiger partial charge < -0.3 is 0 Å². The van der Waals surface area contributed by atoms with E-state index in [0.717, 1.165) is 0 Å². The molecule has 0 radical (unpaired) electrons. The van der Waals surface area contributed by atoms with Crippen molar-refractivity contribution in [2.24, 2.45) is 0 Å². The van der Waals surface area contributed by atoms with Crippen LogP contribution >= 0.6 is 43.6 Å². The first-order valence-corrected chi connectivity index (χ1v) is 7.15. The highest BCUT2D eigenvalue weighted by Crippen LogP contribution is 2.43. The maximum absolute atomic E-state index is 12.4. The third-order valence-electron chi connectivity index (χ3n) is 2.29. The summed E-state index contributed by atoms with van der Waals surface area (Å²) in [7, 11) is 0. The predicted octanol–water partition coefficient (Wildman–Crippen LogP) is 4.69. The second-order valence-corrected chi connectivity index (χ2v) is 6.32. The average Bonchev–Trinajstić information content (AvgIpc) is 2.30. The summed E-state index contributed by atoms with van der Waals surface area (Å²) < 4.78 is 37.4. The van der Waals surface area contributed by atoms with Crippen molar-refractivity contribution >= 4 is 55.2 Å². The Morgan fingerprint density at radius 1 is 1.00 bits per heavy atom. The first-order chi connectivity index (χ1) is 8.70. The summed E-state index contributed by atoms with van der Waals surface area (Å²) >= 11 is 5.34. The minimum absolute atomic E-state index is 0.0249.